The molecule has 0 bridgehead atoms. The molecule has 16 heavy (non-hydrogen) atoms. The second-order valence-corrected chi connectivity index (χ2v) is 5.17. The van der Waals surface area contributed by atoms with Crippen LogP contribution in [0.1, 0.15) is 27.2 Å². The van der Waals surface area contributed by atoms with E-state index >= 15 is 0 Å². The molecule has 0 saturated carbocycles. The third-order valence-electron chi connectivity index (χ3n) is 3.20. The Morgan fingerprint density at radius 2 is 2.25 bits per heavy atom. The summed E-state index contributed by atoms with van der Waals surface area (Å²) in [7, 11) is 2.04. The first-order chi connectivity index (χ1) is 7.50. The van der Waals surface area contributed by atoms with Gasteiger partial charge in [-0.3, -0.25) is 9.69 Å². The van der Waals surface area contributed by atoms with Crippen LogP contribution in [0.5, 0.6) is 0 Å². The van der Waals surface area contributed by atoms with E-state index in [1.165, 1.54) is 6.42 Å². The fourth-order valence-corrected chi connectivity index (χ4v) is 2.27. The third kappa shape index (κ3) is 4.10. The number of likely N-dealkylation sites (N-methyl/N-ethyl adjacent to an activating group) is 1. The quantitative estimate of drug-likeness (QED) is 0.732. The monoisotopic (exact) mass is 227 g/mol. The first-order valence-corrected chi connectivity index (χ1v) is 6.21. The summed E-state index contributed by atoms with van der Waals surface area (Å²) in [5.74, 6) is 0.786. The summed E-state index contributed by atoms with van der Waals surface area (Å²) in [4.78, 5) is 13.8. The van der Waals surface area contributed by atoms with Crippen LogP contribution in [0.25, 0.3) is 0 Å². The van der Waals surface area contributed by atoms with Crippen LogP contribution in [0.2, 0.25) is 0 Å². The average molecular weight is 227 g/mol. The molecule has 94 valence electrons. The Balaban J connectivity index is 2.38. The number of nitrogens with one attached hydrogen (secondary N) is 2. The maximum absolute atomic E-state index is 11.6. The molecule has 0 aliphatic carbocycles. The lowest BCUT2D eigenvalue weighted by Gasteiger charge is -2.36. The van der Waals surface area contributed by atoms with Crippen molar-refractivity contribution in [2.24, 2.45) is 5.92 Å². The van der Waals surface area contributed by atoms with Crippen LogP contribution in [0.15, 0.2) is 0 Å². The lowest BCUT2D eigenvalue weighted by atomic mass is 9.94. The van der Waals surface area contributed by atoms with Crippen molar-refractivity contribution in [3.8, 4) is 0 Å². The summed E-state index contributed by atoms with van der Waals surface area (Å²) >= 11 is 0. The molecule has 0 aromatic heterocycles. The zero-order valence-corrected chi connectivity index (χ0v) is 10.9. The molecule has 1 aliphatic rings. The number of carbonyl (C=O) groups excluding carboxylic acids is 1. The molecule has 0 radical (unpaired) electrons. The van der Waals surface area contributed by atoms with Crippen LogP contribution in [0, 0.1) is 5.92 Å². The summed E-state index contributed by atoms with van der Waals surface area (Å²) in [6.45, 7) is 8.83. The Morgan fingerprint density at radius 3 is 2.81 bits per heavy atom. The number of amides is 1. The van der Waals surface area contributed by atoms with Crippen molar-refractivity contribution in [3.05, 3.63) is 0 Å². The first-order valence-electron chi connectivity index (χ1n) is 6.21. The molecule has 1 saturated heterocycles. The third-order valence-corrected chi connectivity index (χ3v) is 3.20. The Bertz CT molecular complexity index is 230. The lowest BCUT2D eigenvalue weighted by Crippen LogP contribution is -2.51. The molecular formula is C12H25N3O. The number of hydrogen-bond donors (Lipinski definition) is 2. The van der Waals surface area contributed by atoms with Gasteiger partial charge in [-0.05, 0) is 39.8 Å². The van der Waals surface area contributed by atoms with Gasteiger partial charge in [-0.15, -0.1) is 0 Å². The Labute approximate surface area is 98.8 Å². The van der Waals surface area contributed by atoms with Gasteiger partial charge < -0.3 is 10.6 Å². The number of carbonyl (C=O) groups is 1. The van der Waals surface area contributed by atoms with Crippen LogP contribution < -0.4 is 10.6 Å². The maximum atomic E-state index is 11.6. The van der Waals surface area contributed by atoms with Crippen molar-refractivity contribution >= 4 is 5.91 Å². The van der Waals surface area contributed by atoms with Crippen LogP contribution in [0.4, 0.5) is 0 Å². The molecule has 1 heterocycles. The van der Waals surface area contributed by atoms with Gasteiger partial charge in [-0.1, -0.05) is 6.92 Å². The highest BCUT2D eigenvalue weighted by molar-refractivity contribution is 5.78. The van der Waals surface area contributed by atoms with Gasteiger partial charge in [0.15, 0.2) is 0 Å². The predicted molar refractivity (Wildman–Crippen MR) is 66.3 cm³/mol. The lowest BCUT2D eigenvalue weighted by molar-refractivity contribution is -0.123. The minimum absolute atomic E-state index is 0.121. The van der Waals surface area contributed by atoms with E-state index in [2.05, 4.69) is 22.5 Å². The van der Waals surface area contributed by atoms with Crippen molar-refractivity contribution in [2.75, 3.05) is 26.7 Å². The molecule has 0 aromatic rings. The van der Waals surface area contributed by atoms with Gasteiger partial charge >= 0.3 is 0 Å². The molecule has 1 aliphatic heterocycles. The highest BCUT2D eigenvalue weighted by Gasteiger charge is 2.25. The second-order valence-electron chi connectivity index (χ2n) is 5.17. The zero-order chi connectivity index (χ0) is 12.1. The van der Waals surface area contributed by atoms with E-state index in [4.69, 9.17) is 0 Å². The van der Waals surface area contributed by atoms with E-state index in [-0.39, 0.29) is 11.9 Å². The summed E-state index contributed by atoms with van der Waals surface area (Å²) < 4.78 is 0. The highest BCUT2D eigenvalue weighted by Crippen LogP contribution is 2.15. The van der Waals surface area contributed by atoms with Gasteiger partial charge in [0.25, 0.3) is 0 Å². The Hall–Kier alpha value is -0.610. The first kappa shape index (κ1) is 13.5. The fraction of sp³-hybridized carbons (Fsp3) is 0.917. The van der Waals surface area contributed by atoms with Crippen LogP contribution in [-0.4, -0.2) is 49.6 Å². The van der Waals surface area contributed by atoms with E-state index < -0.39 is 0 Å². The highest BCUT2D eigenvalue weighted by atomic mass is 16.2. The molecule has 1 fully saturated rings. The van der Waals surface area contributed by atoms with Gasteiger partial charge in [-0.25, -0.2) is 0 Å². The van der Waals surface area contributed by atoms with E-state index in [9.17, 15) is 4.79 Å². The van der Waals surface area contributed by atoms with Crippen LogP contribution >= 0.6 is 0 Å². The van der Waals surface area contributed by atoms with E-state index in [1.54, 1.807) is 0 Å². The van der Waals surface area contributed by atoms with Crippen molar-refractivity contribution in [1.29, 1.82) is 0 Å². The molecule has 4 nitrogen and oxygen atoms in total. The van der Waals surface area contributed by atoms with Gasteiger partial charge in [0.05, 0.1) is 6.54 Å². The second kappa shape index (κ2) is 6.21. The van der Waals surface area contributed by atoms with Crippen LogP contribution in [0.3, 0.4) is 0 Å². The Morgan fingerprint density at radius 1 is 1.56 bits per heavy atom. The van der Waals surface area contributed by atoms with Crippen molar-refractivity contribution in [3.63, 3.8) is 0 Å². The number of rotatable bonds is 4. The SMILES string of the molecule is CC(C)NC(=O)CN(C)C1CNCCC1C. The van der Waals surface area contributed by atoms with Gasteiger partial charge in [0, 0.05) is 18.6 Å². The molecule has 2 atom stereocenters. The summed E-state index contributed by atoms with van der Waals surface area (Å²) in [6, 6.07) is 0.703. The molecule has 1 amide bonds. The van der Waals surface area contributed by atoms with Crippen molar-refractivity contribution in [1.82, 2.24) is 15.5 Å². The summed E-state index contributed by atoms with van der Waals surface area (Å²) in [5.41, 5.74) is 0. The number of hydrogen-bond acceptors (Lipinski definition) is 3. The van der Waals surface area contributed by atoms with Crippen molar-refractivity contribution in [2.45, 2.75) is 39.3 Å². The molecule has 2 N–H and O–H groups in total. The number of nitrogens with zero attached hydrogens (tertiary/aromatic N) is 1. The molecular weight excluding hydrogens is 202 g/mol. The van der Waals surface area contributed by atoms with Gasteiger partial charge in [0.1, 0.15) is 0 Å². The van der Waals surface area contributed by atoms with Crippen molar-refractivity contribution < 1.29 is 4.79 Å². The van der Waals surface area contributed by atoms with E-state index in [0.29, 0.717) is 18.5 Å². The number of piperidine rings is 1. The summed E-state index contributed by atoms with van der Waals surface area (Å²) in [6.07, 6.45) is 1.20. The minimum Gasteiger partial charge on any atom is -0.353 e. The topological polar surface area (TPSA) is 44.4 Å². The largest absolute Gasteiger partial charge is 0.353 e. The normalized spacial score (nSPS) is 26.1. The molecule has 0 spiro atoms. The zero-order valence-electron chi connectivity index (χ0n) is 10.9. The fourth-order valence-electron chi connectivity index (χ4n) is 2.27. The van der Waals surface area contributed by atoms with Gasteiger partial charge in [-0.2, -0.15) is 0 Å². The standard InChI is InChI=1S/C12H25N3O/c1-9(2)14-12(16)8-15(4)11-7-13-6-5-10(11)3/h9-11,13H,5-8H2,1-4H3,(H,14,16). The minimum atomic E-state index is 0.121. The molecule has 4 heteroatoms. The Kier molecular flexibility index (Phi) is 5.22. The molecule has 0 aromatic carbocycles. The van der Waals surface area contributed by atoms with E-state index in [1.807, 2.05) is 20.9 Å². The van der Waals surface area contributed by atoms with E-state index in [0.717, 1.165) is 13.1 Å². The van der Waals surface area contributed by atoms with Gasteiger partial charge in [0.2, 0.25) is 5.91 Å². The summed E-state index contributed by atoms with van der Waals surface area (Å²) in [5, 5.41) is 6.31. The average Bonchev–Trinajstić information content (AvgIpc) is 2.16. The molecule has 2 unspecified atom stereocenters. The van der Waals surface area contributed by atoms with Crippen LogP contribution in [-0.2, 0) is 4.79 Å². The maximum Gasteiger partial charge on any atom is 0.234 e. The predicted octanol–water partition coefficient (Wildman–Crippen LogP) is 0.441. The molecule has 1 rings (SSSR count). The smallest absolute Gasteiger partial charge is 0.234 e.